The van der Waals surface area contributed by atoms with Gasteiger partial charge >= 0.3 is 0 Å². The minimum absolute atomic E-state index is 0.762. The first kappa shape index (κ1) is 9.71. The largest absolute Gasteiger partial charge is 0.192 e. The lowest BCUT2D eigenvalue weighted by atomic mass is 10.1. The van der Waals surface area contributed by atoms with Crippen molar-refractivity contribution in [3.05, 3.63) is 35.4 Å². The molecular weight excluding hydrogens is 134 g/mol. The maximum absolute atomic E-state index is 8.47. The van der Waals surface area contributed by atoms with E-state index in [1.165, 1.54) is 0 Å². The molecule has 0 saturated carbocycles. The Kier molecular flexibility index (Phi) is 4.85. The van der Waals surface area contributed by atoms with Crippen molar-refractivity contribution in [3.63, 3.8) is 0 Å². The van der Waals surface area contributed by atoms with Crippen LogP contribution in [0.25, 0.3) is 0 Å². The first-order valence-electron chi connectivity index (χ1n) is 3.80. The molecule has 11 heavy (non-hydrogen) atoms. The van der Waals surface area contributed by atoms with Crippen LogP contribution in [0.4, 0.5) is 0 Å². The molecule has 1 aromatic carbocycles. The van der Waals surface area contributed by atoms with Gasteiger partial charge < -0.3 is 0 Å². The Morgan fingerprint density at radius 3 is 2.09 bits per heavy atom. The van der Waals surface area contributed by atoms with Crippen molar-refractivity contribution in [2.75, 3.05) is 0 Å². The van der Waals surface area contributed by atoms with Crippen LogP contribution in [0.5, 0.6) is 0 Å². The molecule has 0 amide bonds. The summed E-state index contributed by atoms with van der Waals surface area (Å²) in [5.41, 5.74) is 1.80. The summed E-state index contributed by atoms with van der Waals surface area (Å²) in [4.78, 5) is 0. The molecule has 1 aromatic rings. The normalized spacial score (nSPS) is 7.45. The molecule has 1 rings (SSSR count). The van der Waals surface area contributed by atoms with Crippen molar-refractivity contribution in [2.24, 2.45) is 0 Å². The summed E-state index contributed by atoms with van der Waals surface area (Å²) in [6.07, 6.45) is 0. The third-order valence-corrected chi connectivity index (χ3v) is 1.27. The summed E-state index contributed by atoms with van der Waals surface area (Å²) < 4.78 is 0. The summed E-state index contributed by atoms with van der Waals surface area (Å²) in [6.45, 7) is 5.93. The Balaban J connectivity index is 0.000000461. The lowest BCUT2D eigenvalue weighted by molar-refractivity contribution is 1.39. The molecule has 0 aromatic heterocycles. The highest BCUT2D eigenvalue weighted by Crippen LogP contribution is 2.03. The molecule has 0 heterocycles. The topological polar surface area (TPSA) is 23.8 Å². The number of hydrogen-bond acceptors (Lipinski definition) is 1. The first-order chi connectivity index (χ1) is 5.34. The fourth-order valence-electron chi connectivity index (χ4n) is 0.698. The maximum atomic E-state index is 8.47. The number of nitriles is 1. The Morgan fingerprint density at radius 2 is 1.73 bits per heavy atom. The van der Waals surface area contributed by atoms with Crippen LogP contribution >= 0.6 is 0 Å². The molecule has 0 N–H and O–H groups in total. The molecule has 1 nitrogen and oxygen atoms in total. The number of nitrogens with zero attached hydrogens (tertiary/aromatic N) is 1. The van der Waals surface area contributed by atoms with Crippen LogP contribution in [0, 0.1) is 18.3 Å². The van der Waals surface area contributed by atoms with Crippen LogP contribution in [0.2, 0.25) is 0 Å². The minimum atomic E-state index is 0.762. The third-order valence-electron chi connectivity index (χ3n) is 1.27. The summed E-state index contributed by atoms with van der Waals surface area (Å²) >= 11 is 0. The third kappa shape index (κ3) is 2.86. The van der Waals surface area contributed by atoms with E-state index in [1.54, 1.807) is 0 Å². The van der Waals surface area contributed by atoms with Gasteiger partial charge in [0, 0.05) is 0 Å². The predicted molar refractivity (Wildman–Crippen MR) is 47.2 cm³/mol. The lowest BCUT2D eigenvalue weighted by Gasteiger charge is -1.90. The van der Waals surface area contributed by atoms with Crippen molar-refractivity contribution in [2.45, 2.75) is 20.8 Å². The predicted octanol–water partition coefficient (Wildman–Crippen LogP) is 2.89. The van der Waals surface area contributed by atoms with Gasteiger partial charge in [0.2, 0.25) is 0 Å². The first-order valence-corrected chi connectivity index (χ1v) is 3.80. The van der Waals surface area contributed by atoms with Crippen LogP contribution in [-0.2, 0) is 0 Å². The summed E-state index contributed by atoms with van der Waals surface area (Å²) in [7, 11) is 0. The van der Waals surface area contributed by atoms with Gasteiger partial charge in [-0.15, -0.1) is 0 Å². The molecule has 0 spiro atoms. The molecule has 0 aliphatic carbocycles. The second-order valence-corrected chi connectivity index (χ2v) is 1.93. The van der Waals surface area contributed by atoms with E-state index in [0.717, 1.165) is 11.1 Å². The van der Waals surface area contributed by atoms with Gasteiger partial charge in [0.05, 0.1) is 11.6 Å². The number of hydrogen-bond donors (Lipinski definition) is 0. The van der Waals surface area contributed by atoms with E-state index in [1.807, 2.05) is 45.0 Å². The smallest absolute Gasteiger partial charge is 0.0994 e. The van der Waals surface area contributed by atoms with E-state index in [-0.39, 0.29) is 0 Å². The molecule has 0 aliphatic heterocycles. The van der Waals surface area contributed by atoms with Crippen LogP contribution in [0.1, 0.15) is 25.0 Å². The van der Waals surface area contributed by atoms with Gasteiger partial charge in [-0.25, -0.2) is 0 Å². The Morgan fingerprint density at radius 1 is 1.18 bits per heavy atom. The summed E-state index contributed by atoms with van der Waals surface area (Å²) in [5.74, 6) is 0. The average Bonchev–Trinajstić information content (AvgIpc) is 2.09. The van der Waals surface area contributed by atoms with Crippen LogP contribution in [0.3, 0.4) is 0 Å². The zero-order chi connectivity index (χ0) is 8.69. The molecular formula is C10H13N. The van der Waals surface area contributed by atoms with E-state index < -0.39 is 0 Å². The van der Waals surface area contributed by atoms with Crippen molar-refractivity contribution >= 4 is 0 Å². The summed E-state index contributed by atoms with van der Waals surface area (Å²) in [5, 5.41) is 8.47. The van der Waals surface area contributed by atoms with Gasteiger partial charge in [0.15, 0.2) is 0 Å². The molecule has 0 radical (unpaired) electrons. The minimum Gasteiger partial charge on any atom is -0.192 e. The second kappa shape index (κ2) is 5.49. The highest BCUT2D eigenvalue weighted by atomic mass is 14.2. The molecule has 0 aliphatic rings. The molecule has 0 unspecified atom stereocenters. The van der Waals surface area contributed by atoms with E-state index in [2.05, 4.69) is 6.07 Å². The average molecular weight is 147 g/mol. The molecule has 0 atom stereocenters. The molecule has 1 heteroatoms. The zero-order valence-corrected chi connectivity index (χ0v) is 7.26. The highest BCUT2D eigenvalue weighted by molar-refractivity contribution is 5.35. The van der Waals surface area contributed by atoms with Gasteiger partial charge in [0.1, 0.15) is 0 Å². The van der Waals surface area contributed by atoms with Crippen molar-refractivity contribution in [1.29, 1.82) is 5.26 Å². The maximum Gasteiger partial charge on any atom is 0.0994 e. The second-order valence-electron chi connectivity index (χ2n) is 1.93. The highest BCUT2D eigenvalue weighted by Gasteiger charge is 1.89. The van der Waals surface area contributed by atoms with Gasteiger partial charge in [-0.05, 0) is 18.6 Å². The van der Waals surface area contributed by atoms with E-state index >= 15 is 0 Å². The van der Waals surface area contributed by atoms with Gasteiger partial charge in [-0.3, -0.25) is 0 Å². The van der Waals surface area contributed by atoms with Crippen LogP contribution in [-0.4, -0.2) is 0 Å². The SMILES string of the molecule is CC.Cc1ccccc1C#N. The van der Waals surface area contributed by atoms with E-state index in [0.29, 0.717) is 0 Å². The van der Waals surface area contributed by atoms with Gasteiger partial charge in [-0.1, -0.05) is 32.0 Å². The number of benzene rings is 1. The van der Waals surface area contributed by atoms with Crippen LogP contribution < -0.4 is 0 Å². The standard InChI is InChI=1S/C8H7N.C2H6/c1-7-4-2-3-5-8(7)6-9;1-2/h2-5H,1H3;1-2H3. The Labute approximate surface area is 68.3 Å². The molecule has 0 bridgehead atoms. The van der Waals surface area contributed by atoms with Crippen molar-refractivity contribution < 1.29 is 0 Å². The quantitative estimate of drug-likeness (QED) is 0.553. The fraction of sp³-hybridized carbons (Fsp3) is 0.300. The number of aryl methyl sites for hydroxylation is 1. The van der Waals surface area contributed by atoms with Crippen LogP contribution in [0.15, 0.2) is 24.3 Å². The van der Waals surface area contributed by atoms with E-state index in [4.69, 9.17) is 5.26 Å². The Bertz CT molecular complexity index is 245. The molecule has 58 valence electrons. The van der Waals surface area contributed by atoms with E-state index in [9.17, 15) is 0 Å². The zero-order valence-electron chi connectivity index (χ0n) is 7.26. The fourth-order valence-corrected chi connectivity index (χ4v) is 0.698. The summed E-state index contributed by atoms with van der Waals surface area (Å²) in [6, 6.07) is 9.63. The number of rotatable bonds is 0. The monoisotopic (exact) mass is 147 g/mol. The Hall–Kier alpha value is -1.29. The van der Waals surface area contributed by atoms with Crippen molar-refractivity contribution in [3.8, 4) is 6.07 Å². The molecule has 0 fully saturated rings. The van der Waals surface area contributed by atoms with Crippen molar-refractivity contribution in [1.82, 2.24) is 0 Å². The molecule has 0 saturated heterocycles. The van der Waals surface area contributed by atoms with Gasteiger partial charge in [-0.2, -0.15) is 5.26 Å². The van der Waals surface area contributed by atoms with Gasteiger partial charge in [0.25, 0.3) is 0 Å². The lowest BCUT2D eigenvalue weighted by Crippen LogP contribution is -1.77.